The summed E-state index contributed by atoms with van der Waals surface area (Å²) in [5.74, 6) is 0.769. The minimum absolute atomic E-state index is 0.223. The van der Waals surface area contributed by atoms with Crippen LogP contribution >= 0.6 is 0 Å². The number of unbranched alkanes of at least 4 members (excludes halogenated alkanes) is 2. The van der Waals surface area contributed by atoms with Crippen LogP contribution in [0.4, 0.5) is 0 Å². The Morgan fingerprint density at radius 1 is 1.12 bits per heavy atom. The van der Waals surface area contributed by atoms with Crippen molar-refractivity contribution in [2.75, 3.05) is 13.6 Å². The molecule has 1 amide bonds. The first-order valence-corrected chi connectivity index (χ1v) is 9.59. The summed E-state index contributed by atoms with van der Waals surface area (Å²) in [5, 5.41) is 0. The molecule has 0 aliphatic heterocycles. The molecule has 1 rings (SSSR count). The summed E-state index contributed by atoms with van der Waals surface area (Å²) in [6, 6.07) is 10.6. The van der Waals surface area contributed by atoms with Gasteiger partial charge in [0.15, 0.2) is 0 Å². The van der Waals surface area contributed by atoms with Crippen LogP contribution in [0.1, 0.15) is 77.2 Å². The first-order chi connectivity index (χ1) is 11.6. The van der Waals surface area contributed by atoms with E-state index < -0.39 is 0 Å². The van der Waals surface area contributed by atoms with Crippen molar-refractivity contribution >= 4 is 5.91 Å². The Morgan fingerprint density at radius 2 is 1.83 bits per heavy atom. The predicted octanol–water partition coefficient (Wildman–Crippen LogP) is 5.95. The number of nitrogens with zero attached hydrogens (tertiary/aromatic N) is 1. The lowest BCUT2D eigenvalue weighted by atomic mass is 9.96. The van der Waals surface area contributed by atoms with Crippen LogP contribution in [0.25, 0.3) is 0 Å². The fraction of sp³-hybridized carbons (Fsp3) is 0.591. The highest BCUT2D eigenvalue weighted by Gasteiger charge is 2.14. The zero-order valence-corrected chi connectivity index (χ0v) is 16.1. The molecule has 0 bridgehead atoms. The molecule has 0 saturated carbocycles. The number of likely N-dealkylation sites (N-methyl/N-ethyl adjacent to an activating group) is 1. The van der Waals surface area contributed by atoms with E-state index in [1.807, 2.05) is 11.9 Å². The lowest BCUT2D eigenvalue weighted by Crippen LogP contribution is -2.29. The third kappa shape index (κ3) is 7.33. The van der Waals surface area contributed by atoms with E-state index in [-0.39, 0.29) is 5.91 Å². The molecule has 2 heteroatoms. The molecule has 0 radical (unpaired) electrons. The fourth-order valence-electron chi connectivity index (χ4n) is 3.04. The monoisotopic (exact) mass is 329 g/mol. The van der Waals surface area contributed by atoms with Gasteiger partial charge in [-0.25, -0.2) is 0 Å². The molecule has 134 valence electrons. The van der Waals surface area contributed by atoms with Crippen molar-refractivity contribution in [3.05, 3.63) is 47.5 Å². The fourth-order valence-corrected chi connectivity index (χ4v) is 3.04. The normalized spacial score (nSPS) is 12.9. The van der Waals surface area contributed by atoms with Crippen molar-refractivity contribution < 1.29 is 4.79 Å². The number of rotatable bonds is 11. The summed E-state index contributed by atoms with van der Waals surface area (Å²) in [6.45, 7) is 7.41. The van der Waals surface area contributed by atoms with Crippen LogP contribution in [0.5, 0.6) is 0 Å². The molecule has 0 heterocycles. The molecule has 1 aromatic carbocycles. The van der Waals surface area contributed by atoms with Gasteiger partial charge in [0.05, 0.1) is 0 Å². The zero-order chi connectivity index (χ0) is 17.8. The lowest BCUT2D eigenvalue weighted by Gasteiger charge is -2.20. The van der Waals surface area contributed by atoms with E-state index in [0.717, 1.165) is 44.2 Å². The van der Waals surface area contributed by atoms with Gasteiger partial charge in [-0.2, -0.15) is 0 Å². The molecule has 0 saturated heterocycles. The smallest absolute Gasteiger partial charge is 0.249 e. The van der Waals surface area contributed by atoms with Crippen LogP contribution in [0.15, 0.2) is 42.0 Å². The molecule has 2 nitrogen and oxygen atoms in total. The third-order valence-corrected chi connectivity index (χ3v) is 4.62. The number of carbonyl (C=O) groups excluding carboxylic acids is 1. The molecular formula is C22H35NO. The van der Waals surface area contributed by atoms with Gasteiger partial charge >= 0.3 is 0 Å². The standard InChI is InChI=1S/C22H35NO/c1-5-7-9-17-21(13-6-2)22(24)23(4)18-12-14-19(3)20-15-10-8-11-16-20/h8,10-11,13,15-16,19H,5-7,9,12,14,17-18H2,1-4H3. The van der Waals surface area contributed by atoms with Crippen LogP contribution in [0.3, 0.4) is 0 Å². The molecule has 0 aliphatic carbocycles. The summed E-state index contributed by atoms with van der Waals surface area (Å²) in [6.07, 6.45) is 9.65. The van der Waals surface area contributed by atoms with Gasteiger partial charge in [-0.15, -0.1) is 0 Å². The largest absolute Gasteiger partial charge is 0.342 e. The van der Waals surface area contributed by atoms with Gasteiger partial charge < -0.3 is 4.90 Å². The van der Waals surface area contributed by atoms with Gasteiger partial charge in [0.2, 0.25) is 5.91 Å². The molecule has 1 aromatic rings. The van der Waals surface area contributed by atoms with E-state index in [2.05, 4.69) is 57.2 Å². The van der Waals surface area contributed by atoms with E-state index in [1.54, 1.807) is 0 Å². The van der Waals surface area contributed by atoms with Crippen molar-refractivity contribution in [2.45, 2.75) is 71.6 Å². The topological polar surface area (TPSA) is 20.3 Å². The first-order valence-electron chi connectivity index (χ1n) is 9.59. The van der Waals surface area contributed by atoms with Crippen molar-refractivity contribution in [1.29, 1.82) is 0 Å². The van der Waals surface area contributed by atoms with Gasteiger partial charge in [0, 0.05) is 19.2 Å². The quantitative estimate of drug-likeness (QED) is 0.363. The van der Waals surface area contributed by atoms with Crippen molar-refractivity contribution in [3.63, 3.8) is 0 Å². The lowest BCUT2D eigenvalue weighted by molar-refractivity contribution is -0.126. The van der Waals surface area contributed by atoms with Gasteiger partial charge in [0.25, 0.3) is 0 Å². The molecule has 1 unspecified atom stereocenters. The molecular weight excluding hydrogens is 294 g/mol. The minimum Gasteiger partial charge on any atom is -0.342 e. The summed E-state index contributed by atoms with van der Waals surface area (Å²) in [4.78, 5) is 14.5. The molecule has 1 atom stereocenters. The Labute approximate surface area is 149 Å². The van der Waals surface area contributed by atoms with Crippen LogP contribution in [0.2, 0.25) is 0 Å². The second-order valence-electron chi connectivity index (χ2n) is 6.78. The van der Waals surface area contributed by atoms with E-state index in [1.165, 1.54) is 18.4 Å². The number of amides is 1. The van der Waals surface area contributed by atoms with E-state index >= 15 is 0 Å². The van der Waals surface area contributed by atoms with Crippen LogP contribution < -0.4 is 0 Å². The van der Waals surface area contributed by atoms with Gasteiger partial charge in [-0.05, 0) is 43.6 Å². The number of carbonyl (C=O) groups is 1. The van der Waals surface area contributed by atoms with E-state index in [0.29, 0.717) is 5.92 Å². The zero-order valence-electron chi connectivity index (χ0n) is 16.1. The highest BCUT2D eigenvalue weighted by molar-refractivity contribution is 5.93. The minimum atomic E-state index is 0.223. The highest BCUT2D eigenvalue weighted by Crippen LogP contribution is 2.20. The average molecular weight is 330 g/mol. The third-order valence-electron chi connectivity index (χ3n) is 4.62. The maximum Gasteiger partial charge on any atom is 0.249 e. The van der Waals surface area contributed by atoms with E-state index in [9.17, 15) is 4.79 Å². The van der Waals surface area contributed by atoms with Crippen LogP contribution in [0, 0.1) is 0 Å². The summed E-state index contributed by atoms with van der Waals surface area (Å²) < 4.78 is 0. The van der Waals surface area contributed by atoms with Gasteiger partial charge in [-0.3, -0.25) is 4.79 Å². The van der Waals surface area contributed by atoms with Gasteiger partial charge in [0.1, 0.15) is 0 Å². The van der Waals surface area contributed by atoms with Crippen molar-refractivity contribution in [1.82, 2.24) is 4.90 Å². The molecule has 0 N–H and O–H groups in total. The van der Waals surface area contributed by atoms with Crippen molar-refractivity contribution in [2.24, 2.45) is 0 Å². The number of hydrogen-bond donors (Lipinski definition) is 0. The van der Waals surface area contributed by atoms with Crippen LogP contribution in [-0.4, -0.2) is 24.4 Å². The molecule has 0 fully saturated rings. The van der Waals surface area contributed by atoms with Gasteiger partial charge in [-0.1, -0.05) is 70.0 Å². The second-order valence-corrected chi connectivity index (χ2v) is 6.78. The van der Waals surface area contributed by atoms with E-state index in [4.69, 9.17) is 0 Å². The number of allylic oxidation sites excluding steroid dienone is 1. The Balaban J connectivity index is 2.43. The average Bonchev–Trinajstić information content (AvgIpc) is 2.61. The predicted molar refractivity (Wildman–Crippen MR) is 104 cm³/mol. The summed E-state index contributed by atoms with van der Waals surface area (Å²) in [7, 11) is 1.94. The number of benzene rings is 1. The number of hydrogen-bond acceptors (Lipinski definition) is 1. The maximum absolute atomic E-state index is 12.6. The Hall–Kier alpha value is -1.57. The van der Waals surface area contributed by atoms with Crippen molar-refractivity contribution in [3.8, 4) is 0 Å². The Bertz CT molecular complexity index is 492. The SMILES string of the molecule is CCC=C(CCCCC)C(=O)N(C)CCCC(C)c1ccccc1. The Kier molecular flexibility index (Phi) is 10.1. The maximum atomic E-state index is 12.6. The molecule has 0 aromatic heterocycles. The molecule has 0 spiro atoms. The first kappa shape index (κ1) is 20.5. The highest BCUT2D eigenvalue weighted by atomic mass is 16.2. The molecule has 0 aliphatic rings. The summed E-state index contributed by atoms with van der Waals surface area (Å²) in [5.41, 5.74) is 2.39. The summed E-state index contributed by atoms with van der Waals surface area (Å²) >= 11 is 0. The molecule has 24 heavy (non-hydrogen) atoms. The second kappa shape index (κ2) is 11.9. The Morgan fingerprint density at radius 3 is 2.46 bits per heavy atom. The van der Waals surface area contributed by atoms with Crippen LogP contribution in [-0.2, 0) is 4.79 Å².